The summed E-state index contributed by atoms with van der Waals surface area (Å²) in [6.45, 7) is 7.15. The van der Waals surface area contributed by atoms with E-state index in [9.17, 15) is 4.79 Å². The predicted molar refractivity (Wildman–Crippen MR) is 164 cm³/mol. The van der Waals surface area contributed by atoms with Gasteiger partial charge in [-0.15, -0.1) is 0 Å². The number of halogens is 1. The minimum absolute atomic E-state index is 0.0335. The van der Waals surface area contributed by atoms with Gasteiger partial charge < -0.3 is 14.2 Å². The zero-order chi connectivity index (χ0) is 28.2. The number of benzene rings is 2. The summed E-state index contributed by atoms with van der Waals surface area (Å²) >= 11 is 5.02. The van der Waals surface area contributed by atoms with E-state index >= 15 is 0 Å². The van der Waals surface area contributed by atoms with Crippen LogP contribution < -0.4 is 14.2 Å². The molecule has 8 nitrogen and oxygen atoms in total. The Balaban J connectivity index is 1.30. The Morgan fingerprint density at radius 1 is 1.07 bits per heavy atom. The molecule has 2 aromatic rings. The van der Waals surface area contributed by atoms with Crippen molar-refractivity contribution in [3.8, 4) is 17.2 Å². The van der Waals surface area contributed by atoms with Crippen molar-refractivity contribution in [3.63, 3.8) is 0 Å². The number of aryl methyl sites for hydroxylation is 2. The van der Waals surface area contributed by atoms with Crippen LogP contribution in [0.5, 0.6) is 17.2 Å². The minimum atomic E-state index is -0.443. The fourth-order valence-corrected chi connectivity index (χ4v) is 6.50. The first-order valence-electron chi connectivity index (χ1n) is 13.6. The van der Waals surface area contributed by atoms with E-state index in [1.807, 2.05) is 31.2 Å². The number of ether oxygens (including phenoxy) is 3. The number of rotatable bonds is 9. The number of amides is 1. The van der Waals surface area contributed by atoms with Crippen LogP contribution in [0.1, 0.15) is 55.7 Å². The Kier molecular flexibility index (Phi) is 8.95. The van der Waals surface area contributed by atoms with Crippen molar-refractivity contribution in [2.24, 2.45) is 16.0 Å². The van der Waals surface area contributed by atoms with Crippen LogP contribution in [0.15, 0.2) is 50.5 Å². The fraction of sp³-hybridized carbons (Fsp3) is 0.400. The highest BCUT2D eigenvalue weighted by molar-refractivity contribution is 9.10. The van der Waals surface area contributed by atoms with Crippen LogP contribution in [0.4, 0.5) is 0 Å². The maximum absolute atomic E-state index is 13.0. The van der Waals surface area contributed by atoms with E-state index in [2.05, 4.69) is 34.8 Å². The fourth-order valence-electron chi connectivity index (χ4n) is 4.87. The van der Waals surface area contributed by atoms with Gasteiger partial charge in [-0.25, -0.2) is 0 Å². The van der Waals surface area contributed by atoms with E-state index in [0.29, 0.717) is 52.4 Å². The molecule has 3 aliphatic rings. The second-order valence-corrected chi connectivity index (χ2v) is 11.8. The zero-order valence-corrected chi connectivity index (χ0v) is 25.4. The highest BCUT2D eigenvalue weighted by Gasteiger charge is 2.38. The Hall–Kier alpha value is -3.11. The number of hydrogen-bond acceptors (Lipinski definition) is 7. The van der Waals surface area contributed by atoms with Crippen LogP contribution >= 0.6 is 27.7 Å². The van der Waals surface area contributed by atoms with Gasteiger partial charge in [0, 0.05) is 5.92 Å². The first-order valence-corrected chi connectivity index (χ1v) is 15.2. The van der Waals surface area contributed by atoms with Crippen LogP contribution in [0, 0.1) is 25.2 Å². The van der Waals surface area contributed by atoms with Crippen molar-refractivity contribution in [1.29, 1.82) is 5.41 Å². The van der Waals surface area contributed by atoms with Crippen molar-refractivity contribution < 1.29 is 19.0 Å². The van der Waals surface area contributed by atoms with Gasteiger partial charge in [0.05, 0.1) is 16.7 Å². The number of nitrogens with one attached hydrogen (secondary N) is 1. The molecular weight excluding hydrogens is 592 g/mol. The summed E-state index contributed by atoms with van der Waals surface area (Å²) < 4.78 is 18.4. The molecule has 5 rings (SSSR count). The molecule has 210 valence electrons. The number of thioether (sulfide) groups is 1. The first-order chi connectivity index (χ1) is 19.3. The third kappa shape index (κ3) is 6.28. The summed E-state index contributed by atoms with van der Waals surface area (Å²) in [7, 11) is 0. The van der Waals surface area contributed by atoms with Crippen molar-refractivity contribution in [3.05, 3.63) is 57.1 Å². The standard InChI is InChI=1S/C30H33BrN4O4S/c1-4-37-25-17-20(16-24(31)26(25)39-13-12-38-22-11-10-18(2)19(3)14-22)15-23-27(32)35-30(33-28(23)36)40-29(34-35)21-8-6-5-7-9-21/h10-11,14-17,21,32H,4-9,12-13H2,1-3H3/b23-15-,32-27?. The van der Waals surface area contributed by atoms with Gasteiger partial charge in [0.15, 0.2) is 17.3 Å². The van der Waals surface area contributed by atoms with Crippen LogP contribution in [-0.2, 0) is 4.79 Å². The van der Waals surface area contributed by atoms with E-state index in [-0.39, 0.29) is 11.4 Å². The van der Waals surface area contributed by atoms with E-state index < -0.39 is 5.91 Å². The van der Waals surface area contributed by atoms with E-state index in [1.165, 1.54) is 47.2 Å². The Morgan fingerprint density at radius 3 is 2.60 bits per heavy atom. The summed E-state index contributed by atoms with van der Waals surface area (Å²) in [5, 5.41) is 16.4. The molecule has 10 heteroatoms. The topological polar surface area (TPSA) is 96.6 Å². The summed E-state index contributed by atoms with van der Waals surface area (Å²) in [5.74, 6) is 1.85. The summed E-state index contributed by atoms with van der Waals surface area (Å²) in [6.07, 6.45) is 7.48. The molecule has 0 spiro atoms. The third-order valence-electron chi connectivity index (χ3n) is 7.14. The Morgan fingerprint density at radius 2 is 1.85 bits per heavy atom. The highest BCUT2D eigenvalue weighted by atomic mass is 79.9. The average Bonchev–Trinajstić information content (AvgIpc) is 3.37. The molecule has 1 amide bonds. The van der Waals surface area contributed by atoms with Crippen LogP contribution in [-0.4, -0.2) is 46.8 Å². The molecule has 2 aliphatic heterocycles. The van der Waals surface area contributed by atoms with Gasteiger partial charge in [0.1, 0.15) is 24.0 Å². The van der Waals surface area contributed by atoms with Gasteiger partial charge in [-0.1, -0.05) is 25.3 Å². The molecule has 2 aromatic carbocycles. The number of carbonyl (C=O) groups is 1. The van der Waals surface area contributed by atoms with Crippen molar-refractivity contribution in [1.82, 2.24) is 5.01 Å². The Labute approximate surface area is 247 Å². The highest BCUT2D eigenvalue weighted by Crippen LogP contribution is 2.39. The summed E-state index contributed by atoms with van der Waals surface area (Å²) in [6, 6.07) is 9.64. The van der Waals surface area contributed by atoms with Crippen molar-refractivity contribution in [2.75, 3.05) is 19.8 Å². The lowest BCUT2D eigenvalue weighted by molar-refractivity contribution is -0.114. The quantitative estimate of drug-likeness (QED) is 0.236. The molecule has 0 bridgehead atoms. The van der Waals surface area contributed by atoms with Crippen LogP contribution in [0.25, 0.3) is 6.08 Å². The monoisotopic (exact) mass is 624 g/mol. The van der Waals surface area contributed by atoms with E-state index in [4.69, 9.17) is 24.7 Å². The van der Waals surface area contributed by atoms with E-state index in [1.54, 1.807) is 12.1 Å². The molecule has 0 aromatic heterocycles. The maximum Gasteiger partial charge on any atom is 0.283 e. The first kappa shape index (κ1) is 28.4. The molecular formula is C30H33BrN4O4S. The van der Waals surface area contributed by atoms with Crippen LogP contribution in [0.2, 0.25) is 0 Å². The van der Waals surface area contributed by atoms with E-state index in [0.717, 1.165) is 23.6 Å². The van der Waals surface area contributed by atoms with Crippen molar-refractivity contribution in [2.45, 2.75) is 52.9 Å². The van der Waals surface area contributed by atoms with Gasteiger partial charge in [-0.3, -0.25) is 10.2 Å². The number of aliphatic imine (C=N–C) groups is 1. The molecule has 0 unspecified atom stereocenters. The second-order valence-electron chi connectivity index (χ2n) is 10.00. The number of hydrogen-bond donors (Lipinski definition) is 1. The second kappa shape index (κ2) is 12.6. The average molecular weight is 626 g/mol. The maximum atomic E-state index is 13.0. The molecule has 0 radical (unpaired) electrons. The molecule has 2 heterocycles. The van der Waals surface area contributed by atoms with Gasteiger partial charge >= 0.3 is 0 Å². The molecule has 0 atom stereocenters. The van der Waals surface area contributed by atoms with Crippen LogP contribution in [0.3, 0.4) is 0 Å². The molecule has 1 aliphatic carbocycles. The number of hydrazone groups is 1. The number of amidine groups is 2. The largest absolute Gasteiger partial charge is 0.490 e. The van der Waals surface area contributed by atoms with Gasteiger partial charge in [-0.2, -0.15) is 15.1 Å². The van der Waals surface area contributed by atoms with Crippen molar-refractivity contribution >= 4 is 55.7 Å². The minimum Gasteiger partial charge on any atom is -0.490 e. The number of carbonyl (C=O) groups excluding carboxylic acids is 1. The summed E-state index contributed by atoms with van der Waals surface area (Å²) in [5.41, 5.74) is 3.26. The lowest BCUT2D eigenvalue weighted by atomic mass is 9.90. The Bertz CT molecular complexity index is 1410. The molecule has 1 saturated carbocycles. The van der Waals surface area contributed by atoms with Gasteiger partial charge in [0.25, 0.3) is 5.91 Å². The summed E-state index contributed by atoms with van der Waals surface area (Å²) in [4.78, 5) is 17.2. The molecule has 0 saturated heterocycles. The number of nitrogens with zero attached hydrogens (tertiary/aromatic N) is 3. The van der Waals surface area contributed by atoms with Gasteiger partial charge in [-0.05, 0) is 108 Å². The smallest absolute Gasteiger partial charge is 0.283 e. The van der Waals surface area contributed by atoms with Gasteiger partial charge in [0.2, 0.25) is 5.17 Å². The lowest BCUT2D eigenvalue weighted by Gasteiger charge is -2.20. The lowest BCUT2D eigenvalue weighted by Crippen LogP contribution is -2.35. The third-order valence-corrected chi connectivity index (χ3v) is 8.80. The number of fused-ring (bicyclic) bond motifs is 1. The molecule has 1 N–H and O–H groups in total. The normalized spacial score (nSPS) is 18.5. The molecule has 40 heavy (non-hydrogen) atoms. The molecule has 1 fully saturated rings. The predicted octanol–water partition coefficient (Wildman–Crippen LogP) is 7.12. The SMILES string of the molecule is CCOc1cc(/C=C2/C(=N)N3N=C(C4CCCCC4)SC3=NC2=O)cc(Br)c1OCCOc1ccc(C)c(C)c1. The zero-order valence-electron chi connectivity index (χ0n) is 23.0.